The third-order valence-corrected chi connectivity index (χ3v) is 4.15. The van der Waals surface area contributed by atoms with E-state index in [1.807, 2.05) is 0 Å². The summed E-state index contributed by atoms with van der Waals surface area (Å²) in [4.78, 5) is 2.14. The van der Waals surface area contributed by atoms with E-state index in [1.54, 1.807) is 0 Å². The molecule has 0 aliphatic carbocycles. The fraction of sp³-hybridized carbons (Fsp3) is 0.333. The zero-order valence-electron chi connectivity index (χ0n) is 13.2. The number of hydrogen-bond donors (Lipinski definition) is 1. The van der Waals surface area contributed by atoms with Crippen LogP contribution in [-0.4, -0.2) is 14.1 Å². The van der Waals surface area contributed by atoms with Gasteiger partial charge in [0.15, 0.2) is 0 Å². The first-order valence-corrected chi connectivity index (χ1v) is 8.10. The molecule has 0 aromatic heterocycles. The summed E-state index contributed by atoms with van der Waals surface area (Å²) in [6.45, 7) is 4.33. The molecule has 0 radical (unpaired) electrons. The van der Waals surface area contributed by atoms with Gasteiger partial charge in [0.05, 0.1) is 17.4 Å². The minimum absolute atomic E-state index is 0.318. The van der Waals surface area contributed by atoms with Crippen LogP contribution < -0.4 is 10.2 Å². The van der Waals surface area contributed by atoms with Crippen LogP contribution >= 0.6 is 15.9 Å². The van der Waals surface area contributed by atoms with Gasteiger partial charge in [-0.2, -0.15) is 0 Å². The van der Waals surface area contributed by atoms with Crippen molar-refractivity contribution in [1.82, 2.24) is 0 Å². The molecule has 112 valence electrons. The molecule has 2 aromatic carbocycles. The van der Waals surface area contributed by atoms with Crippen LogP contribution in [0.5, 0.6) is 0 Å². The molecule has 0 heterocycles. The molecule has 0 amide bonds. The fourth-order valence-electron chi connectivity index (χ4n) is 2.42. The molecule has 0 bridgehead atoms. The van der Waals surface area contributed by atoms with Crippen LogP contribution in [0.15, 0.2) is 46.9 Å². The molecule has 0 saturated carbocycles. The highest BCUT2D eigenvalue weighted by molar-refractivity contribution is 9.10. The second-order valence-electron chi connectivity index (χ2n) is 5.57. The molecule has 0 saturated heterocycles. The van der Waals surface area contributed by atoms with Crippen LogP contribution in [0, 0.1) is 6.92 Å². The summed E-state index contributed by atoms with van der Waals surface area (Å²) >= 11 is 3.56. The second kappa shape index (κ2) is 6.99. The molecule has 1 N–H and O–H groups in total. The minimum atomic E-state index is 0.318. The molecule has 0 spiro atoms. The van der Waals surface area contributed by atoms with Crippen molar-refractivity contribution in [1.29, 1.82) is 0 Å². The lowest BCUT2D eigenvalue weighted by atomic mass is 10.0. The first kappa shape index (κ1) is 15.9. The zero-order chi connectivity index (χ0) is 15.4. The number of aryl methyl sites for hydroxylation is 1. The van der Waals surface area contributed by atoms with E-state index in [4.69, 9.17) is 0 Å². The summed E-state index contributed by atoms with van der Waals surface area (Å²) in [5, 5.41) is 3.68. The smallest absolute Gasteiger partial charge is 0.0597 e. The summed E-state index contributed by atoms with van der Waals surface area (Å²) in [7, 11) is 4.14. The summed E-state index contributed by atoms with van der Waals surface area (Å²) in [5.41, 5.74) is 4.98. The van der Waals surface area contributed by atoms with E-state index in [0.29, 0.717) is 6.04 Å². The average molecular weight is 347 g/mol. The van der Waals surface area contributed by atoms with Crippen LogP contribution in [0.25, 0.3) is 0 Å². The van der Waals surface area contributed by atoms with Crippen molar-refractivity contribution in [2.24, 2.45) is 0 Å². The number of halogens is 1. The molecule has 2 rings (SSSR count). The Morgan fingerprint density at radius 3 is 2.33 bits per heavy atom. The van der Waals surface area contributed by atoms with Crippen LogP contribution in [0.1, 0.15) is 30.5 Å². The number of anilines is 2. The summed E-state index contributed by atoms with van der Waals surface area (Å²) in [6.07, 6.45) is 1.04. The molecular formula is C18H23BrN2. The monoisotopic (exact) mass is 346 g/mol. The van der Waals surface area contributed by atoms with Gasteiger partial charge in [-0.25, -0.2) is 0 Å². The molecular weight excluding hydrogens is 324 g/mol. The maximum atomic E-state index is 3.68. The minimum Gasteiger partial charge on any atom is -0.377 e. The molecule has 1 unspecified atom stereocenters. The van der Waals surface area contributed by atoms with Gasteiger partial charge >= 0.3 is 0 Å². The van der Waals surface area contributed by atoms with Gasteiger partial charge in [0.25, 0.3) is 0 Å². The van der Waals surface area contributed by atoms with Crippen molar-refractivity contribution in [2.45, 2.75) is 26.3 Å². The molecule has 2 nitrogen and oxygen atoms in total. The third-order valence-electron chi connectivity index (χ3n) is 3.66. The van der Waals surface area contributed by atoms with E-state index in [2.05, 4.69) is 96.6 Å². The van der Waals surface area contributed by atoms with Crippen LogP contribution in [0.2, 0.25) is 0 Å². The van der Waals surface area contributed by atoms with Gasteiger partial charge in [0, 0.05) is 18.6 Å². The normalized spacial score (nSPS) is 12.0. The second-order valence-corrected chi connectivity index (χ2v) is 6.49. The number of hydrogen-bond acceptors (Lipinski definition) is 2. The SMILES string of the molecule is CCC(Nc1cc(Br)ccc1N(C)C)c1ccc(C)cc1. The van der Waals surface area contributed by atoms with Crippen molar-refractivity contribution in [3.63, 3.8) is 0 Å². The average Bonchev–Trinajstić information content (AvgIpc) is 2.45. The highest BCUT2D eigenvalue weighted by atomic mass is 79.9. The lowest BCUT2D eigenvalue weighted by Gasteiger charge is -2.24. The molecule has 0 aliphatic rings. The Balaban J connectivity index is 2.30. The lowest BCUT2D eigenvalue weighted by molar-refractivity contribution is 0.748. The zero-order valence-corrected chi connectivity index (χ0v) is 14.7. The van der Waals surface area contributed by atoms with Crippen LogP contribution in [-0.2, 0) is 0 Å². The van der Waals surface area contributed by atoms with Gasteiger partial charge in [-0.15, -0.1) is 0 Å². The Kier molecular flexibility index (Phi) is 5.29. The van der Waals surface area contributed by atoms with Gasteiger partial charge < -0.3 is 10.2 Å². The van der Waals surface area contributed by atoms with Gasteiger partial charge in [0.1, 0.15) is 0 Å². The Hall–Kier alpha value is -1.48. The van der Waals surface area contributed by atoms with Gasteiger partial charge in [-0.05, 0) is 37.1 Å². The van der Waals surface area contributed by atoms with Crippen molar-refractivity contribution < 1.29 is 0 Å². The topological polar surface area (TPSA) is 15.3 Å². The van der Waals surface area contributed by atoms with Gasteiger partial charge in [-0.3, -0.25) is 0 Å². The molecule has 0 fully saturated rings. The van der Waals surface area contributed by atoms with E-state index < -0.39 is 0 Å². The van der Waals surface area contributed by atoms with Crippen molar-refractivity contribution in [3.05, 3.63) is 58.1 Å². The van der Waals surface area contributed by atoms with Crippen molar-refractivity contribution in [2.75, 3.05) is 24.3 Å². The van der Waals surface area contributed by atoms with Gasteiger partial charge in [0.2, 0.25) is 0 Å². The van der Waals surface area contributed by atoms with Crippen LogP contribution in [0.4, 0.5) is 11.4 Å². The van der Waals surface area contributed by atoms with E-state index in [-0.39, 0.29) is 0 Å². The predicted molar refractivity (Wildman–Crippen MR) is 96.3 cm³/mol. The predicted octanol–water partition coefficient (Wildman–Crippen LogP) is 5.39. The van der Waals surface area contributed by atoms with Crippen molar-refractivity contribution in [3.8, 4) is 0 Å². The quantitative estimate of drug-likeness (QED) is 0.780. The summed E-state index contributed by atoms with van der Waals surface area (Å²) in [5.74, 6) is 0. The Morgan fingerprint density at radius 2 is 1.76 bits per heavy atom. The maximum absolute atomic E-state index is 3.68. The molecule has 1 atom stereocenters. The maximum Gasteiger partial charge on any atom is 0.0597 e. The first-order valence-electron chi connectivity index (χ1n) is 7.31. The first-order chi connectivity index (χ1) is 10.0. The number of rotatable bonds is 5. The Labute approximate surface area is 136 Å². The van der Waals surface area contributed by atoms with Crippen LogP contribution in [0.3, 0.4) is 0 Å². The number of benzene rings is 2. The molecule has 3 heteroatoms. The highest BCUT2D eigenvalue weighted by Crippen LogP contribution is 2.32. The molecule has 21 heavy (non-hydrogen) atoms. The third kappa shape index (κ3) is 4.01. The fourth-order valence-corrected chi connectivity index (χ4v) is 2.78. The lowest BCUT2D eigenvalue weighted by Crippen LogP contribution is -2.15. The summed E-state index contributed by atoms with van der Waals surface area (Å²) in [6, 6.07) is 15.4. The van der Waals surface area contributed by atoms with Gasteiger partial charge in [-0.1, -0.05) is 52.7 Å². The van der Waals surface area contributed by atoms with E-state index in [9.17, 15) is 0 Å². The van der Waals surface area contributed by atoms with Crippen molar-refractivity contribution >= 4 is 27.3 Å². The molecule has 0 aliphatic heterocycles. The Morgan fingerprint density at radius 1 is 1.10 bits per heavy atom. The van der Waals surface area contributed by atoms with E-state index in [0.717, 1.165) is 16.6 Å². The standard InChI is InChI=1S/C18H23BrN2/c1-5-16(14-8-6-13(2)7-9-14)20-17-12-15(19)10-11-18(17)21(3)4/h6-12,16,20H,5H2,1-4H3. The highest BCUT2D eigenvalue weighted by Gasteiger charge is 2.12. The number of nitrogens with zero attached hydrogens (tertiary/aromatic N) is 1. The number of nitrogens with one attached hydrogen (secondary N) is 1. The van der Waals surface area contributed by atoms with E-state index >= 15 is 0 Å². The van der Waals surface area contributed by atoms with E-state index in [1.165, 1.54) is 16.8 Å². The molecule has 2 aromatic rings. The summed E-state index contributed by atoms with van der Waals surface area (Å²) < 4.78 is 1.09. The largest absolute Gasteiger partial charge is 0.377 e. The Bertz CT molecular complexity index is 591.